The molecule has 1 fully saturated rings. The van der Waals surface area contributed by atoms with Gasteiger partial charge in [-0.1, -0.05) is 6.07 Å². The number of ether oxygens (including phenoxy) is 2. The van der Waals surface area contributed by atoms with Crippen LogP contribution in [0.5, 0.6) is 5.75 Å². The van der Waals surface area contributed by atoms with Gasteiger partial charge in [0.25, 0.3) is 5.91 Å². The van der Waals surface area contributed by atoms with Gasteiger partial charge in [-0.15, -0.1) is 10.2 Å². The van der Waals surface area contributed by atoms with Crippen LogP contribution in [0.4, 0.5) is 0 Å². The van der Waals surface area contributed by atoms with Crippen molar-refractivity contribution in [3.8, 4) is 17.3 Å². The lowest BCUT2D eigenvalue weighted by atomic mass is 10.0. The van der Waals surface area contributed by atoms with Crippen LogP contribution in [-0.2, 0) is 17.9 Å². The smallest absolute Gasteiger partial charge is 0.254 e. The van der Waals surface area contributed by atoms with Crippen molar-refractivity contribution in [1.82, 2.24) is 29.9 Å². The van der Waals surface area contributed by atoms with Crippen LogP contribution in [0.1, 0.15) is 28.2 Å². The minimum atomic E-state index is -0.436. The number of nitrogens with zero attached hydrogens (tertiary/aromatic N) is 5. The Morgan fingerprint density at radius 2 is 2.17 bits per heavy atom. The molecule has 1 amide bonds. The van der Waals surface area contributed by atoms with E-state index in [1.807, 2.05) is 30.0 Å². The summed E-state index contributed by atoms with van der Waals surface area (Å²) < 4.78 is 13.6. The number of fused-ring (bicyclic) bond motifs is 1. The van der Waals surface area contributed by atoms with Crippen molar-refractivity contribution < 1.29 is 14.3 Å². The molecule has 150 valence electrons. The van der Waals surface area contributed by atoms with Gasteiger partial charge in [0.2, 0.25) is 0 Å². The average molecular weight is 394 g/mol. The molecule has 1 spiro atoms. The number of aryl methyl sites for hydroxylation is 1. The maximum Gasteiger partial charge on any atom is 0.254 e. The molecule has 2 aromatic heterocycles. The maximum atomic E-state index is 13.1. The normalized spacial score (nSPS) is 20.8. The molecular formula is C20H22N6O3. The van der Waals surface area contributed by atoms with E-state index in [2.05, 4.69) is 25.0 Å². The van der Waals surface area contributed by atoms with Crippen molar-refractivity contribution in [3.63, 3.8) is 0 Å². The van der Waals surface area contributed by atoms with E-state index in [0.29, 0.717) is 31.8 Å². The molecule has 0 aliphatic carbocycles. The molecule has 1 N–H and O–H groups in total. The molecule has 29 heavy (non-hydrogen) atoms. The number of hydrogen-bond donors (Lipinski definition) is 1. The summed E-state index contributed by atoms with van der Waals surface area (Å²) in [5.41, 5.74) is 2.01. The topological polar surface area (TPSA) is 98.2 Å². The molecule has 1 saturated heterocycles. The zero-order valence-corrected chi connectivity index (χ0v) is 16.4. The van der Waals surface area contributed by atoms with E-state index in [0.717, 1.165) is 35.1 Å². The Labute approximate surface area is 167 Å². The summed E-state index contributed by atoms with van der Waals surface area (Å²) in [5, 5.41) is 15.5. The van der Waals surface area contributed by atoms with E-state index in [9.17, 15) is 4.79 Å². The van der Waals surface area contributed by atoms with Gasteiger partial charge in [0, 0.05) is 18.3 Å². The van der Waals surface area contributed by atoms with Crippen molar-refractivity contribution >= 4 is 5.91 Å². The van der Waals surface area contributed by atoms with E-state index in [1.165, 1.54) is 0 Å². The largest absolute Gasteiger partial charge is 0.496 e. The zero-order valence-electron chi connectivity index (χ0n) is 16.4. The number of H-pyrrole nitrogens is 1. The number of carbonyl (C=O) groups excluding carboxylic acids is 1. The summed E-state index contributed by atoms with van der Waals surface area (Å²) in [5.74, 6) is 2.24. The van der Waals surface area contributed by atoms with Gasteiger partial charge in [0.1, 0.15) is 23.7 Å². The van der Waals surface area contributed by atoms with Crippen LogP contribution in [0.2, 0.25) is 0 Å². The SMILES string of the molecule is COc1cc(C(=O)N2CCC3(C2)Cn2c(nnc2-c2ccn[nH]2)CO3)ccc1C. The van der Waals surface area contributed by atoms with Gasteiger partial charge in [-0.05, 0) is 37.1 Å². The highest BCUT2D eigenvalue weighted by molar-refractivity contribution is 5.95. The first-order chi connectivity index (χ1) is 14.1. The summed E-state index contributed by atoms with van der Waals surface area (Å²) in [6.45, 7) is 4.11. The van der Waals surface area contributed by atoms with Crippen molar-refractivity contribution in [2.75, 3.05) is 20.2 Å². The summed E-state index contributed by atoms with van der Waals surface area (Å²) >= 11 is 0. The monoisotopic (exact) mass is 394 g/mol. The van der Waals surface area contributed by atoms with E-state index >= 15 is 0 Å². The molecule has 0 bridgehead atoms. The van der Waals surface area contributed by atoms with Crippen molar-refractivity contribution in [1.29, 1.82) is 0 Å². The summed E-state index contributed by atoms with van der Waals surface area (Å²) in [6, 6.07) is 7.43. The number of benzene rings is 1. The van der Waals surface area contributed by atoms with E-state index in [4.69, 9.17) is 9.47 Å². The molecule has 2 aliphatic rings. The van der Waals surface area contributed by atoms with Gasteiger partial charge in [-0.25, -0.2) is 0 Å². The number of aromatic amines is 1. The Kier molecular flexibility index (Phi) is 4.13. The Balaban J connectivity index is 1.37. The van der Waals surface area contributed by atoms with Crippen LogP contribution >= 0.6 is 0 Å². The molecule has 5 rings (SSSR count). The highest BCUT2D eigenvalue weighted by Crippen LogP contribution is 2.35. The molecule has 2 aliphatic heterocycles. The van der Waals surface area contributed by atoms with E-state index in [-0.39, 0.29) is 5.91 Å². The lowest BCUT2D eigenvalue weighted by Crippen LogP contribution is -2.45. The third-order valence-electron chi connectivity index (χ3n) is 5.78. The number of hydrogen-bond acceptors (Lipinski definition) is 6. The number of aromatic nitrogens is 5. The van der Waals surface area contributed by atoms with Crippen LogP contribution in [0.3, 0.4) is 0 Å². The molecule has 1 unspecified atom stereocenters. The Hall–Kier alpha value is -3.20. The predicted octanol–water partition coefficient (Wildman–Crippen LogP) is 1.80. The molecule has 0 radical (unpaired) electrons. The molecule has 1 aromatic carbocycles. The number of methoxy groups -OCH3 is 1. The third kappa shape index (κ3) is 2.98. The number of nitrogens with one attached hydrogen (secondary N) is 1. The van der Waals surface area contributed by atoms with Crippen molar-refractivity contribution in [3.05, 3.63) is 47.4 Å². The number of rotatable bonds is 3. The number of carbonyl (C=O) groups is 1. The van der Waals surface area contributed by atoms with Crippen LogP contribution in [0, 0.1) is 6.92 Å². The van der Waals surface area contributed by atoms with Gasteiger partial charge < -0.3 is 18.9 Å². The number of amides is 1. The average Bonchev–Trinajstić information content (AvgIpc) is 3.48. The lowest BCUT2D eigenvalue weighted by molar-refractivity contribution is -0.0805. The maximum absolute atomic E-state index is 13.1. The first-order valence-corrected chi connectivity index (χ1v) is 9.58. The fraction of sp³-hybridized carbons (Fsp3) is 0.400. The predicted molar refractivity (Wildman–Crippen MR) is 103 cm³/mol. The number of likely N-dealkylation sites (tertiary alicyclic amines) is 1. The van der Waals surface area contributed by atoms with Crippen LogP contribution in [0.25, 0.3) is 11.5 Å². The standard InChI is InChI=1S/C20H22N6O3/c1-13-3-4-14(9-16(13)28-2)19(27)25-8-6-20(11-25)12-26-17(10-29-20)23-24-18(26)15-5-7-21-22-15/h3-5,7,9H,6,8,10-12H2,1-2H3,(H,21,22). The quantitative estimate of drug-likeness (QED) is 0.727. The minimum absolute atomic E-state index is 0.00730. The van der Waals surface area contributed by atoms with Gasteiger partial charge >= 0.3 is 0 Å². The Bertz CT molecular complexity index is 1060. The molecule has 9 nitrogen and oxygen atoms in total. The second-order valence-electron chi connectivity index (χ2n) is 7.63. The second kappa shape index (κ2) is 6.70. The first kappa shape index (κ1) is 17.9. The zero-order chi connectivity index (χ0) is 20.0. The van der Waals surface area contributed by atoms with Crippen LogP contribution in [-0.4, -0.2) is 61.6 Å². The molecule has 3 aromatic rings. The second-order valence-corrected chi connectivity index (χ2v) is 7.63. The fourth-order valence-corrected chi connectivity index (χ4v) is 4.14. The highest BCUT2D eigenvalue weighted by atomic mass is 16.5. The minimum Gasteiger partial charge on any atom is -0.496 e. The fourth-order valence-electron chi connectivity index (χ4n) is 4.14. The molecule has 0 saturated carbocycles. The summed E-state index contributed by atoms with van der Waals surface area (Å²) in [4.78, 5) is 14.9. The van der Waals surface area contributed by atoms with E-state index in [1.54, 1.807) is 19.4 Å². The Morgan fingerprint density at radius 3 is 2.97 bits per heavy atom. The van der Waals surface area contributed by atoms with Gasteiger partial charge in [0.05, 0.1) is 20.2 Å². The van der Waals surface area contributed by atoms with Crippen molar-refractivity contribution in [2.24, 2.45) is 0 Å². The molecular weight excluding hydrogens is 372 g/mol. The molecule has 1 atom stereocenters. The third-order valence-corrected chi connectivity index (χ3v) is 5.78. The Morgan fingerprint density at radius 1 is 1.28 bits per heavy atom. The summed E-state index contributed by atoms with van der Waals surface area (Å²) in [7, 11) is 1.62. The lowest BCUT2D eigenvalue weighted by Gasteiger charge is -2.34. The van der Waals surface area contributed by atoms with E-state index < -0.39 is 5.60 Å². The van der Waals surface area contributed by atoms with Gasteiger partial charge in [0.15, 0.2) is 11.6 Å². The highest BCUT2D eigenvalue weighted by Gasteiger charge is 2.45. The van der Waals surface area contributed by atoms with Gasteiger partial charge in [-0.3, -0.25) is 9.89 Å². The van der Waals surface area contributed by atoms with Crippen LogP contribution < -0.4 is 4.74 Å². The molecule has 4 heterocycles. The molecule has 9 heteroatoms. The summed E-state index contributed by atoms with van der Waals surface area (Å²) in [6.07, 6.45) is 2.46. The first-order valence-electron chi connectivity index (χ1n) is 9.58. The van der Waals surface area contributed by atoms with Gasteiger partial charge in [-0.2, -0.15) is 5.10 Å². The van der Waals surface area contributed by atoms with Crippen molar-refractivity contribution in [2.45, 2.75) is 32.1 Å². The van der Waals surface area contributed by atoms with Crippen LogP contribution in [0.15, 0.2) is 30.5 Å².